The van der Waals surface area contributed by atoms with Gasteiger partial charge in [-0.05, 0) is 30.3 Å². The minimum Gasteiger partial charge on any atom is -0.456 e. The van der Waals surface area contributed by atoms with Gasteiger partial charge in [0.15, 0.2) is 5.58 Å². The molecule has 3 aromatic rings. The van der Waals surface area contributed by atoms with Crippen molar-refractivity contribution < 1.29 is 9.52 Å². The average Bonchev–Trinajstić information content (AvgIpc) is 2.86. The lowest BCUT2D eigenvalue weighted by molar-refractivity contribution is 0.191. The number of fused-ring (bicyclic) bond motifs is 1. The van der Waals surface area contributed by atoms with Crippen molar-refractivity contribution >= 4 is 50.1 Å². The second kappa shape index (κ2) is 5.41. The fourth-order valence-electron chi connectivity index (χ4n) is 2.06. The van der Waals surface area contributed by atoms with E-state index in [4.69, 9.17) is 27.6 Å². The molecule has 0 saturated heterocycles. The molecule has 0 aliphatic heterocycles. The summed E-state index contributed by atoms with van der Waals surface area (Å²) >= 11 is 15.4. The highest BCUT2D eigenvalue weighted by atomic mass is 79.9. The molecule has 5 heteroatoms. The first kappa shape index (κ1) is 14.0. The van der Waals surface area contributed by atoms with Crippen LogP contribution in [0.1, 0.15) is 17.4 Å². The number of para-hydroxylation sites is 1. The molecule has 0 saturated carbocycles. The zero-order valence-electron chi connectivity index (χ0n) is 10.1. The van der Waals surface area contributed by atoms with Crippen LogP contribution in [0.15, 0.2) is 51.4 Å². The molecule has 2 aromatic carbocycles. The number of aliphatic hydroxyl groups excluding tert-OH is 1. The molecular weight excluding hydrogens is 363 g/mol. The Hall–Kier alpha value is -1.000. The lowest BCUT2D eigenvalue weighted by Gasteiger charge is -2.10. The third kappa shape index (κ3) is 2.47. The van der Waals surface area contributed by atoms with Crippen LogP contribution >= 0.6 is 39.1 Å². The molecule has 20 heavy (non-hydrogen) atoms. The van der Waals surface area contributed by atoms with Crippen LogP contribution in [-0.4, -0.2) is 5.11 Å². The quantitative estimate of drug-likeness (QED) is 0.637. The molecule has 1 unspecified atom stereocenters. The lowest BCUT2D eigenvalue weighted by Crippen LogP contribution is -1.99. The van der Waals surface area contributed by atoms with E-state index < -0.39 is 6.10 Å². The summed E-state index contributed by atoms with van der Waals surface area (Å²) in [6.45, 7) is 0. The Morgan fingerprint density at radius 3 is 2.65 bits per heavy atom. The van der Waals surface area contributed by atoms with E-state index in [1.807, 2.05) is 12.1 Å². The Morgan fingerprint density at radius 2 is 1.90 bits per heavy atom. The van der Waals surface area contributed by atoms with Crippen LogP contribution in [0, 0.1) is 0 Å². The summed E-state index contributed by atoms with van der Waals surface area (Å²) in [5.41, 5.74) is 1.22. The van der Waals surface area contributed by atoms with Crippen LogP contribution in [-0.2, 0) is 0 Å². The van der Waals surface area contributed by atoms with Gasteiger partial charge in [-0.1, -0.05) is 51.3 Å². The summed E-state index contributed by atoms with van der Waals surface area (Å²) in [7, 11) is 0. The average molecular weight is 372 g/mol. The molecule has 0 radical (unpaired) electrons. The van der Waals surface area contributed by atoms with Crippen LogP contribution in [0.3, 0.4) is 0 Å². The van der Waals surface area contributed by atoms with Crippen LogP contribution < -0.4 is 0 Å². The molecule has 0 amide bonds. The summed E-state index contributed by atoms with van der Waals surface area (Å²) < 4.78 is 6.43. The van der Waals surface area contributed by atoms with Gasteiger partial charge in [-0.2, -0.15) is 0 Å². The molecule has 0 aliphatic rings. The molecule has 0 bridgehead atoms. The van der Waals surface area contributed by atoms with E-state index in [2.05, 4.69) is 15.9 Å². The fraction of sp³-hybridized carbons (Fsp3) is 0.0667. The van der Waals surface area contributed by atoms with Crippen LogP contribution in [0.4, 0.5) is 0 Å². The summed E-state index contributed by atoms with van der Waals surface area (Å²) in [6, 6.07) is 12.5. The van der Waals surface area contributed by atoms with Crippen molar-refractivity contribution in [3.8, 4) is 0 Å². The van der Waals surface area contributed by atoms with Crippen LogP contribution in [0.5, 0.6) is 0 Å². The number of benzene rings is 2. The van der Waals surface area contributed by atoms with Crippen molar-refractivity contribution in [1.82, 2.24) is 0 Å². The van der Waals surface area contributed by atoms with Gasteiger partial charge < -0.3 is 9.52 Å². The second-order valence-electron chi connectivity index (χ2n) is 4.38. The summed E-state index contributed by atoms with van der Waals surface area (Å²) in [5, 5.41) is 12.4. The highest BCUT2D eigenvalue weighted by Crippen LogP contribution is 2.35. The summed E-state index contributed by atoms with van der Waals surface area (Å²) in [6.07, 6.45) is -0.911. The van der Waals surface area contributed by atoms with Crippen molar-refractivity contribution in [3.63, 3.8) is 0 Å². The van der Waals surface area contributed by atoms with Crippen molar-refractivity contribution in [1.29, 1.82) is 0 Å². The number of furan rings is 1. The largest absolute Gasteiger partial charge is 0.456 e. The van der Waals surface area contributed by atoms with Gasteiger partial charge in [0.1, 0.15) is 11.9 Å². The summed E-state index contributed by atoms with van der Waals surface area (Å²) in [5.74, 6) is 0.427. The SMILES string of the molecule is OC(c1cc2cccc(Cl)c2o1)c1cc(Cl)ccc1Br. The van der Waals surface area contributed by atoms with Crippen molar-refractivity contribution in [2.75, 3.05) is 0 Å². The fourth-order valence-corrected chi connectivity index (χ4v) is 2.92. The van der Waals surface area contributed by atoms with Gasteiger partial charge in [0, 0.05) is 20.4 Å². The van der Waals surface area contributed by atoms with E-state index in [0.29, 0.717) is 27.0 Å². The van der Waals surface area contributed by atoms with Gasteiger partial charge in [0.05, 0.1) is 5.02 Å². The molecule has 1 aromatic heterocycles. The van der Waals surface area contributed by atoms with Crippen molar-refractivity contribution in [2.45, 2.75) is 6.10 Å². The van der Waals surface area contributed by atoms with E-state index in [1.165, 1.54) is 0 Å². The third-order valence-corrected chi connectivity index (χ3v) is 4.29. The number of halogens is 3. The zero-order chi connectivity index (χ0) is 14.3. The van der Waals surface area contributed by atoms with Gasteiger partial charge in [-0.15, -0.1) is 0 Å². The first-order valence-electron chi connectivity index (χ1n) is 5.87. The van der Waals surface area contributed by atoms with Crippen LogP contribution in [0.2, 0.25) is 10.0 Å². The third-order valence-electron chi connectivity index (χ3n) is 3.04. The Morgan fingerprint density at radius 1 is 1.10 bits per heavy atom. The summed E-state index contributed by atoms with van der Waals surface area (Å²) in [4.78, 5) is 0. The minimum atomic E-state index is -0.911. The normalized spacial score (nSPS) is 12.8. The Labute approximate surface area is 134 Å². The monoisotopic (exact) mass is 370 g/mol. The molecule has 0 fully saturated rings. The Balaban J connectivity index is 2.10. The Kier molecular flexibility index (Phi) is 3.78. The first-order chi connectivity index (χ1) is 9.56. The van der Waals surface area contributed by atoms with E-state index in [9.17, 15) is 5.11 Å². The van der Waals surface area contributed by atoms with Gasteiger partial charge >= 0.3 is 0 Å². The minimum absolute atomic E-state index is 0.427. The predicted octanol–water partition coefficient (Wildman–Crippen LogP) is 5.58. The molecule has 2 nitrogen and oxygen atoms in total. The topological polar surface area (TPSA) is 33.4 Å². The molecule has 102 valence electrons. The van der Waals surface area contributed by atoms with Gasteiger partial charge in [-0.25, -0.2) is 0 Å². The van der Waals surface area contributed by atoms with Crippen LogP contribution in [0.25, 0.3) is 11.0 Å². The highest BCUT2D eigenvalue weighted by molar-refractivity contribution is 9.10. The zero-order valence-corrected chi connectivity index (χ0v) is 13.2. The van der Waals surface area contributed by atoms with Crippen molar-refractivity contribution in [3.05, 3.63) is 68.3 Å². The maximum atomic E-state index is 10.5. The molecular formula is C15H9BrCl2O2. The van der Waals surface area contributed by atoms with Gasteiger partial charge in [0.2, 0.25) is 0 Å². The first-order valence-corrected chi connectivity index (χ1v) is 7.42. The van der Waals surface area contributed by atoms with E-state index in [-0.39, 0.29) is 0 Å². The predicted molar refractivity (Wildman–Crippen MR) is 84.4 cm³/mol. The van der Waals surface area contributed by atoms with Gasteiger partial charge in [-0.3, -0.25) is 0 Å². The molecule has 0 spiro atoms. The maximum absolute atomic E-state index is 10.5. The number of rotatable bonds is 2. The Bertz CT molecular complexity index is 783. The lowest BCUT2D eigenvalue weighted by atomic mass is 10.1. The second-order valence-corrected chi connectivity index (χ2v) is 6.07. The molecule has 1 atom stereocenters. The van der Waals surface area contributed by atoms with Crippen molar-refractivity contribution in [2.24, 2.45) is 0 Å². The standard InChI is InChI=1S/C15H9BrCl2O2/c16-11-5-4-9(17)7-10(11)14(19)13-6-8-2-1-3-12(18)15(8)20-13/h1-7,14,19H. The van der Waals surface area contributed by atoms with E-state index >= 15 is 0 Å². The number of aliphatic hydroxyl groups is 1. The van der Waals surface area contributed by atoms with E-state index in [1.54, 1.807) is 30.3 Å². The molecule has 3 rings (SSSR count). The molecule has 1 heterocycles. The number of hydrogen-bond acceptors (Lipinski definition) is 2. The molecule has 1 N–H and O–H groups in total. The highest BCUT2D eigenvalue weighted by Gasteiger charge is 2.19. The van der Waals surface area contributed by atoms with Gasteiger partial charge in [0.25, 0.3) is 0 Å². The maximum Gasteiger partial charge on any atom is 0.153 e. The smallest absolute Gasteiger partial charge is 0.153 e. The molecule has 0 aliphatic carbocycles. The number of hydrogen-bond donors (Lipinski definition) is 1. The van der Waals surface area contributed by atoms with E-state index in [0.717, 1.165) is 9.86 Å².